The Labute approximate surface area is 90.0 Å². The van der Waals surface area contributed by atoms with Crippen LogP contribution in [0.5, 0.6) is 0 Å². The Bertz CT molecular complexity index is 437. The van der Waals surface area contributed by atoms with Gasteiger partial charge in [0.2, 0.25) is 0 Å². The molecule has 0 saturated carbocycles. The van der Waals surface area contributed by atoms with Crippen molar-refractivity contribution in [3.63, 3.8) is 0 Å². The van der Waals surface area contributed by atoms with Gasteiger partial charge in [0.25, 0.3) is 11.4 Å². The number of hydrogen-bond donors (Lipinski definition) is 0. The topological polar surface area (TPSA) is 103 Å². The summed E-state index contributed by atoms with van der Waals surface area (Å²) in [6.07, 6.45) is -0.312. The van der Waals surface area contributed by atoms with E-state index in [2.05, 4.69) is 0 Å². The van der Waals surface area contributed by atoms with Crippen LogP contribution in [-0.2, 0) is 11.2 Å². The maximum Gasteiger partial charge on any atom is 0.279 e. The fourth-order valence-corrected chi connectivity index (χ4v) is 1.33. The molecule has 0 atom stereocenters. The fraction of sp³-hybridized carbons (Fsp3) is 0.222. The lowest BCUT2D eigenvalue weighted by Gasteiger charge is -2.01. The van der Waals surface area contributed by atoms with Gasteiger partial charge in [0.1, 0.15) is 11.3 Å². The van der Waals surface area contributed by atoms with Crippen LogP contribution in [0.25, 0.3) is 0 Å². The molecule has 1 rings (SSSR count). The lowest BCUT2D eigenvalue weighted by molar-refractivity contribution is -0.395. The van der Waals surface area contributed by atoms with Gasteiger partial charge in [-0.25, -0.2) is 0 Å². The number of nitro groups is 2. The Balaban J connectivity index is 3.40. The first-order chi connectivity index (χ1) is 7.43. The monoisotopic (exact) mass is 224 g/mol. The van der Waals surface area contributed by atoms with E-state index in [1.54, 1.807) is 0 Å². The quantitative estimate of drug-likeness (QED) is 0.571. The van der Waals surface area contributed by atoms with Crippen molar-refractivity contribution in [2.75, 3.05) is 0 Å². The van der Waals surface area contributed by atoms with E-state index in [1.807, 2.05) is 0 Å². The molecule has 0 amide bonds. The first-order valence-corrected chi connectivity index (χ1v) is 4.33. The summed E-state index contributed by atoms with van der Waals surface area (Å²) in [7, 11) is 0. The van der Waals surface area contributed by atoms with Crippen LogP contribution in [0.1, 0.15) is 12.5 Å². The van der Waals surface area contributed by atoms with Gasteiger partial charge < -0.3 is 0 Å². The number of carbonyl (C=O) groups excluding carboxylic acids is 1. The Hall–Kier alpha value is -2.31. The molecule has 16 heavy (non-hydrogen) atoms. The zero-order valence-electron chi connectivity index (χ0n) is 8.37. The molecule has 0 aliphatic carbocycles. The molecule has 1 aromatic rings. The van der Waals surface area contributed by atoms with Crippen LogP contribution in [0, 0.1) is 20.2 Å². The minimum atomic E-state index is -0.731. The summed E-state index contributed by atoms with van der Waals surface area (Å²) in [4.78, 5) is 30.8. The zero-order chi connectivity index (χ0) is 12.3. The lowest BCUT2D eigenvalue weighted by Crippen LogP contribution is -2.05. The summed E-state index contributed by atoms with van der Waals surface area (Å²) in [5.41, 5.74) is -0.946. The number of benzene rings is 1. The molecule has 0 fully saturated rings. The molecule has 0 unspecified atom stereocenters. The van der Waals surface area contributed by atoms with Crippen LogP contribution in [0.4, 0.5) is 11.4 Å². The highest BCUT2D eigenvalue weighted by molar-refractivity contribution is 5.81. The maximum absolute atomic E-state index is 10.9. The van der Waals surface area contributed by atoms with Crippen LogP contribution >= 0.6 is 0 Å². The van der Waals surface area contributed by atoms with Crippen LogP contribution < -0.4 is 0 Å². The highest BCUT2D eigenvalue weighted by Crippen LogP contribution is 2.28. The van der Waals surface area contributed by atoms with Crippen molar-refractivity contribution in [2.45, 2.75) is 13.3 Å². The molecular weight excluding hydrogens is 216 g/mol. The third kappa shape index (κ3) is 2.38. The van der Waals surface area contributed by atoms with Gasteiger partial charge in [-0.15, -0.1) is 0 Å². The Morgan fingerprint density at radius 2 is 1.62 bits per heavy atom. The molecule has 0 aliphatic rings. The Morgan fingerprint density at radius 3 is 1.94 bits per heavy atom. The SMILES string of the molecule is CC(=O)Cc1c([N+](=O)[O-])cccc1[N+](=O)[O-]. The van der Waals surface area contributed by atoms with Crippen LogP contribution in [0.2, 0.25) is 0 Å². The molecule has 1 aromatic carbocycles. The fourth-order valence-electron chi connectivity index (χ4n) is 1.33. The van der Waals surface area contributed by atoms with E-state index in [0.717, 1.165) is 12.1 Å². The van der Waals surface area contributed by atoms with Gasteiger partial charge in [-0.2, -0.15) is 0 Å². The van der Waals surface area contributed by atoms with Gasteiger partial charge in [0.15, 0.2) is 0 Å². The van der Waals surface area contributed by atoms with E-state index >= 15 is 0 Å². The standard InChI is InChI=1S/C9H8N2O5/c1-6(12)5-7-8(10(13)14)3-2-4-9(7)11(15)16/h2-4H,5H2,1H3. The first kappa shape index (κ1) is 11.8. The van der Waals surface area contributed by atoms with Crippen LogP contribution in [-0.4, -0.2) is 15.6 Å². The van der Waals surface area contributed by atoms with Gasteiger partial charge in [-0.3, -0.25) is 25.0 Å². The van der Waals surface area contributed by atoms with E-state index in [9.17, 15) is 25.0 Å². The molecular formula is C9H8N2O5. The van der Waals surface area contributed by atoms with Crippen LogP contribution in [0.15, 0.2) is 18.2 Å². The second kappa shape index (κ2) is 4.47. The molecule has 7 heteroatoms. The van der Waals surface area contributed by atoms with Crippen LogP contribution in [0.3, 0.4) is 0 Å². The lowest BCUT2D eigenvalue weighted by atomic mass is 10.1. The zero-order valence-corrected chi connectivity index (χ0v) is 8.37. The summed E-state index contributed by atoms with van der Waals surface area (Å²) >= 11 is 0. The summed E-state index contributed by atoms with van der Waals surface area (Å²) in [5.74, 6) is -0.364. The Morgan fingerprint density at radius 1 is 1.19 bits per heavy atom. The molecule has 7 nitrogen and oxygen atoms in total. The normalized spacial score (nSPS) is 9.81. The number of ketones is 1. The molecule has 0 heterocycles. The first-order valence-electron chi connectivity index (χ1n) is 4.33. The average molecular weight is 224 g/mol. The second-order valence-corrected chi connectivity index (χ2v) is 3.17. The van der Waals surface area contributed by atoms with Gasteiger partial charge in [0.05, 0.1) is 9.85 Å². The van der Waals surface area contributed by atoms with Gasteiger partial charge in [-0.1, -0.05) is 0 Å². The molecule has 0 N–H and O–H groups in total. The van der Waals surface area contributed by atoms with Gasteiger partial charge in [0, 0.05) is 18.6 Å². The van der Waals surface area contributed by atoms with Gasteiger partial charge in [-0.05, 0) is 13.0 Å². The predicted octanol–water partition coefficient (Wildman–Crippen LogP) is 1.63. The molecule has 0 aliphatic heterocycles. The van der Waals surface area contributed by atoms with Crippen molar-refractivity contribution >= 4 is 17.2 Å². The summed E-state index contributed by atoms with van der Waals surface area (Å²) in [5, 5.41) is 21.3. The van der Waals surface area contributed by atoms with Crippen molar-refractivity contribution in [1.82, 2.24) is 0 Å². The number of carbonyl (C=O) groups is 1. The second-order valence-electron chi connectivity index (χ2n) is 3.17. The maximum atomic E-state index is 10.9. The molecule has 0 aromatic heterocycles. The summed E-state index contributed by atoms with van der Waals surface area (Å²) < 4.78 is 0. The third-order valence-electron chi connectivity index (χ3n) is 1.95. The van der Waals surface area contributed by atoms with Crippen molar-refractivity contribution in [3.8, 4) is 0 Å². The third-order valence-corrected chi connectivity index (χ3v) is 1.95. The number of hydrogen-bond acceptors (Lipinski definition) is 5. The number of nitro benzene ring substituents is 2. The molecule has 0 bridgehead atoms. The van der Waals surface area contributed by atoms with E-state index in [1.165, 1.54) is 13.0 Å². The summed E-state index contributed by atoms with van der Waals surface area (Å²) in [6, 6.07) is 3.51. The van der Waals surface area contributed by atoms with Gasteiger partial charge >= 0.3 is 0 Å². The summed E-state index contributed by atoms with van der Waals surface area (Å²) in [6.45, 7) is 1.22. The smallest absolute Gasteiger partial charge is 0.279 e. The predicted molar refractivity (Wildman–Crippen MR) is 54.1 cm³/mol. The highest BCUT2D eigenvalue weighted by Gasteiger charge is 2.25. The minimum absolute atomic E-state index is 0.148. The van der Waals surface area contributed by atoms with E-state index in [-0.39, 0.29) is 17.8 Å². The van der Waals surface area contributed by atoms with Crippen molar-refractivity contribution in [1.29, 1.82) is 0 Å². The number of Topliss-reactive ketones (excluding diaryl/α,β-unsaturated/α-hetero) is 1. The van der Waals surface area contributed by atoms with Crippen molar-refractivity contribution < 1.29 is 14.6 Å². The number of nitrogens with zero attached hydrogens (tertiary/aromatic N) is 2. The van der Waals surface area contributed by atoms with Crippen molar-refractivity contribution in [3.05, 3.63) is 44.0 Å². The molecule has 0 saturated heterocycles. The highest BCUT2D eigenvalue weighted by atomic mass is 16.6. The van der Waals surface area contributed by atoms with E-state index < -0.39 is 21.2 Å². The Kier molecular flexibility index (Phi) is 3.29. The largest absolute Gasteiger partial charge is 0.300 e. The molecule has 0 radical (unpaired) electrons. The van der Waals surface area contributed by atoms with Crippen molar-refractivity contribution in [2.24, 2.45) is 0 Å². The van der Waals surface area contributed by atoms with E-state index in [0.29, 0.717) is 0 Å². The molecule has 0 spiro atoms. The molecule has 84 valence electrons. The van der Waals surface area contributed by atoms with E-state index in [4.69, 9.17) is 0 Å². The average Bonchev–Trinajstić information content (AvgIpc) is 2.16. The number of rotatable bonds is 4. The minimum Gasteiger partial charge on any atom is -0.300 e.